The predicted octanol–water partition coefficient (Wildman–Crippen LogP) is 7.30. The molecule has 0 spiro atoms. The Bertz CT molecular complexity index is 1670. The van der Waals surface area contributed by atoms with Gasteiger partial charge in [0.2, 0.25) is 5.91 Å². The molecule has 3 N–H and O–H groups in total. The van der Waals surface area contributed by atoms with Crippen molar-refractivity contribution in [1.82, 2.24) is 10.2 Å². The van der Waals surface area contributed by atoms with E-state index in [0.29, 0.717) is 16.8 Å². The van der Waals surface area contributed by atoms with E-state index in [9.17, 15) is 19.5 Å². The molecule has 0 aliphatic carbocycles. The summed E-state index contributed by atoms with van der Waals surface area (Å²) in [4.78, 5) is 43.6. The van der Waals surface area contributed by atoms with Crippen LogP contribution in [0.5, 0.6) is 5.75 Å². The van der Waals surface area contributed by atoms with Gasteiger partial charge >= 0.3 is 6.09 Å². The first-order valence-corrected chi connectivity index (χ1v) is 15.1. The molecule has 236 valence electrons. The van der Waals surface area contributed by atoms with Crippen LogP contribution in [0.4, 0.5) is 10.5 Å². The van der Waals surface area contributed by atoms with Crippen molar-refractivity contribution in [3.8, 4) is 5.75 Å². The van der Waals surface area contributed by atoms with Crippen molar-refractivity contribution in [3.05, 3.63) is 108 Å². The third-order valence-electron chi connectivity index (χ3n) is 7.29. The molecule has 2 unspecified atom stereocenters. The van der Waals surface area contributed by atoms with Gasteiger partial charge in [0, 0.05) is 17.6 Å². The van der Waals surface area contributed by atoms with Gasteiger partial charge in [-0.2, -0.15) is 0 Å². The summed E-state index contributed by atoms with van der Waals surface area (Å²) in [5, 5.41) is 18.1. The summed E-state index contributed by atoms with van der Waals surface area (Å²) in [6, 6.07) is 25.6. The zero-order valence-electron chi connectivity index (χ0n) is 27.0. The fourth-order valence-corrected chi connectivity index (χ4v) is 5.26. The van der Waals surface area contributed by atoms with E-state index in [0.717, 1.165) is 16.3 Å². The lowest BCUT2D eigenvalue weighted by Crippen LogP contribution is -2.58. The minimum Gasteiger partial charge on any atom is -0.508 e. The topological polar surface area (TPSA) is 108 Å². The summed E-state index contributed by atoms with van der Waals surface area (Å²) in [6.07, 6.45) is -0.553. The molecule has 4 aromatic carbocycles. The number of hydrogen-bond donors (Lipinski definition) is 3. The van der Waals surface area contributed by atoms with E-state index in [2.05, 4.69) is 10.6 Å². The third kappa shape index (κ3) is 8.62. The lowest BCUT2D eigenvalue weighted by molar-refractivity contribution is -0.146. The number of phenols is 1. The molecule has 0 radical (unpaired) electrons. The van der Waals surface area contributed by atoms with E-state index in [1.54, 1.807) is 39.8 Å². The molecule has 0 aliphatic rings. The Morgan fingerprint density at radius 1 is 0.822 bits per heavy atom. The highest BCUT2D eigenvalue weighted by atomic mass is 16.6. The maximum absolute atomic E-state index is 14.7. The van der Waals surface area contributed by atoms with E-state index in [-0.39, 0.29) is 12.2 Å². The molecule has 8 heteroatoms. The number of nitrogens with zero attached hydrogens (tertiary/aromatic N) is 1. The number of ether oxygens (including phenoxy) is 1. The number of aromatic hydroxyl groups is 1. The molecule has 0 saturated heterocycles. The van der Waals surface area contributed by atoms with Gasteiger partial charge in [-0.3, -0.25) is 9.59 Å². The predicted molar refractivity (Wildman–Crippen MR) is 178 cm³/mol. The number of carbonyl (C=O) groups is 3. The summed E-state index contributed by atoms with van der Waals surface area (Å²) in [5.41, 5.74) is 0.831. The van der Waals surface area contributed by atoms with Crippen LogP contribution in [0.15, 0.2) is 91.0 Å². The summed E-state index contributed by atoms with van der Waals surface area (Å²) in [7, 11) is 0. The smallest absolute Gasteiger partial charge is 0.408 e. The van der Waals surface area contributed by atoms with Crippen molar-refractivity contribution in [2.75, 3.05) is 5.32 Å². The Morgan fingerprint density at radius 3 is 2.09 bits per heavy atom. The van der Waals surface area contributed by atoms with E-state index in [1.807, 2.05) is 93.6 Å². The molecule has 8 nitrogen and oxygen atoms in total. The van der Waals surface area contributed by atoms with Crippen LogP contribution < -0.4 is 10.6 Å². The maximum atomic E-state index is 14.7. The summed E-state index contributed by atoms with van der Waals surface area (Å²) >= 11 is 0. The third-order valence-corrected chi connectivity index (χ3v) is 7.29. The van der Waals surface area contributed by atoms with Gasteiger partial charge in [-0.05, 0) is 100 Å². The SMILES string of the molecule is Cc1cc(C(C(=O)Nc2ccc3ccccc3c2)N(C(=O)C(Cc2ccccc2)NC(=O)OC(C)(C)C)C(C)(C)C)ccc1O. The molecule has 0 fully saturated rings. The number of amides is 3. The average Bonchev–Trinajstić information content (AvgIpc) is 2.95. The first kappa shape index (κ1) is 33.1. The normalized spacial score (nSPS) is 13.0. The quantitative estimate of drug-likeness (QED) is 0.194. The largest absolute Gasteiger partial charge is 0.508 e. The molecule has 4 aromatic rings. The number of anilines is 1. The number of nitrogens with one attached hydrogen (secondary N) is 2. The zero-order chi connectivity index (χ0) is 32.9. The van der Waals surface area contributed by atoms with Crippen LogP contribution >= 0.6 is 0 Å². The molecular weight excluding hydrogens is 566 g/mol. The average molecular weight is 610 g/mol. The van der Waals surface area contributed by atoms with Crippen LogP contribution in [-0.2, 0) is 20.7 Å². The van der Waals surface area contributed by atoms with Crippen molar-refractivity contribution in [2.45, 2.75) is 78.1 Å². The lowest BCUT2D eigenvalue weighted by atomic mass is 9.93. The Balaban J connectivity index is 1.79. The van der Waals surface area contributed by atoms with Crippen molar-refractivity contribution in [2.24, 2.45) is 0 Å². The first-order valence-electron chi connectivity index (χ1n) is 15.1. The van der Waals surface area contributed by atoms with Crippen molar-refractivity contribution < 1.29 is 24.2 Å². The highest BCUT2D eigenvalue weighted by Gasteiger charge is 2.42. The van der Waals surface area contributed by atoms with Crippen molar-refractivity contribution >= 4 is 34.4 Å². The number of phenolic OH excluding ortho intramolecular Hbond substituents is 1. The summed E-state index contributed by atoms with van der Waals surface area (Å²) < 4.78 is 5.53. The van der Waals surface area contributed by atoms with Crippen molar-refractivity contribution in [1.29, 1.82) is 0 Å². The van der Waals surface area contributed by atoms with Crippen LogP contribution in [0.1, 0.15) is 64.3 Å². The molecule has 0 aliphatic heterocycles. The second kappa shape index (κ2) is 13.4. The number of fused-ring (bicyclic) bond motifs is 1. The second-order valence-electron chi connectivity index (χ2n) is 13.3. The number of benzene rings is 4. The van der Waals surface area contributed by atoms with E-state index >= 15 is 0 Å². The fourth-order valence-electron chi connectivity index (χ4n) is 5.26. The van der Waals surface area contributed by atoms with Crippen LogP contribution in [0.3, 0.4) is 0 Å². The van der Waals surface area contributed by atoms with Gasteiger partial charge in [0.25, 0.3) is 5.91 Å². The molecular formula is C37H43N3O5. The Labute approximate surface area is 265 Å². The monoisotopic (exact) mass is 609 g/mol. The molecule has 45 heavy (non-hydrogen) atoms. The second-order valence-corrected chi connectivity index (χ2v) is 13.3. The standard InChI is InChI=1S/C37H43N3O5/c1-24-21-28(18-20-31(24)41)32(33(42)38-29-19-17-26-15-11-12-16-27(26)23-29)40(36(2,3)4)34(43)30(22-25-13-9-8-10-14-25)39-35(44)45-37(5,6)7/h8-21,23,30,32,41H,22H2,1-7H3,(H,38,42)(H,39,44). The molecule has 0 heterocycles. The Hall–Kier alpha value is -4.85. The van der Waals surface area contributed by atoms with Crippen LogP contribution in [0, 0.1) is 6.92 Å². The summed E-state index contributed by atoms with van der Waals surface area (Å²) in [6.45, 7) is 12.5. The maximum Gasteiger partial charge on any atom is 0.408 e. The van der Waals surface area contributed by atoms with Gasteiger partial charge in [0.1, 0.15) is 23.4 Å². The Morgan fingerprint density at radius 2 is 1.47 bits per heavy atom. The van der Waals surface area contributed by atoms with Gasteiger partial charge in [-0.25, -0.2) is 4.79 Å². The number of alkyl carbamates (subject to hydrolysis) is 1. The van der Waals surface area contributed by atoms with Gasteiger partial charge in [-0.1, -0.05) is 66.7 Å². The Kier molecular flexibility index (Phi) is 9.86. The number of rotatable bonds is 8. The summed E-state index contributed by atoms with van der Waals surface area (Å²) in [5.74, 6) is -0.814. The molecule has 4 rings (SSSR count). The van der Waals surface area contributed by atoms with Gasteiger partial charge in [0.05, 0.1) is 0 Å². The van der Waals surface area contributed by atoms with Crippen LogP contribution in [0.2, 0.25) is 0 Å². The van der Waals surface area contributed by atoms with E-state index in [1.165, 1.54) is 11.0 Å². The first-order chi connectivity index (χ1) is 21.1. The van der Waals surface area contributed by atoms with Gasteiger partial charge in [-0.15, -0.1) is 0 Å². The van der Waals surface area contributed by atoms with Crippen LogP contribution in [-0.4, -0.2) is 45.1 Å². The van der Waals surface area contributed by atoms with Crippen molar-refractivity contribution in [3.63, 3.8) is 0 Å². The minimum atomic E-state index is -1.11. The zero-order valence-corrected chi connectivity index (χ0v) is 27.0. The lowest BCUT2D eigenvalue weighted by Gasteiger charge is -2.43. The minimum absolute atomic E-state index is 0.0784. The molecule has 3 amide bonds. The molecule has 0 bridgehead atoms. The highest BCUT2D eigenvalue weighted by Crippen LogP contribution is 2.33. The number of hydrogen-bond acceptors (Lipinski definition) is 5. The number of aryl methyl sites for hydroxylation is 1. The van der Waals surface area contributed by atoms with Gasteiger partial charge < -0.3 is 25.4 Å². The van der Waals surface area contributed by atoms with Crippen LogP contribution in [0.25, 0.3) is 10.8 Å². The highest BCUT2D eigenvalue weighted by molar-refractivity contribution is 6.00. The fraction of sp³-hybridized carbons (Fsp3) is 0.324. The number of carbonyl (C=O) groups excluding carboxylic acids is 3. The molecule has 0 aromatic heterocycles. The van der Waals surface area contributed by atoms with E-state index < -0.39 is 41.1 Å². The molecule has 2 atom stereocenters. The van der Waals surface area contributed by atoms with Gasteiger partial charge in [0.15, 0.2) is 0 Å². The van der Waals surface area contributed by atoms with E-state index in [4.69, 9.17) is 4.74 Å². The molecule has 0 saturated carbocycles.